The summed E-state index contributed by atoms with van der Waals surface area (Å²) in [5, 5.41) is 111. The van der Waals surface area contributed by atoms with Crippen LogP contribution in [0.3, 0.4) is 0 Å². The zero-order valence-corrected chi connectivity index (χ0v) is 22.0. The van der Waals surface area contributed by atoms with Crippen molar-refractivity contribution in [3.63, 3.8) is 0 Å². The van der Waals surface area contributed by atoms with E-state index in [1.54, 1.807) is 0 Å². The molecule has 2 aromatic carbocycles. The molecule has 0 amide bonds. The largest absolute Gasteiger partial charge is 0.507 e. The third kappa shape index (κ3) is 5.49. The second-order valence-corrected chi connectivity index (χ2v) is 10.3. The molecule has 3 aromatic rings. The fraction of sp³-hybridized carbons (Fsp3) is 0.444. The lowest BCUT2D eigenvalue weighted by Gasteiger charge is -2.40. The summed E-state index contributed by atoms with van der Waals surface area (Å²) in [6, 6.07) is 5.29. The number of phenolic OH excluding ortho intramolecular Hbond substituents is 3. The van der Waals surface area contributed by atoms with Crippen LogP contribution >= 0.6 is 0 Å². The highest BCUT2D eigenvalue weighted by atomic mass is 16.7. The molecule has 5 rings (SSSR count). The van der Waals surface area contributed by atoms with Crippen molar-refractivity contribution in [2.75, 3.05) is 13.2 Å². The van der Waals surface area contributed by atoms with Gasteiger partial charge in [-0.05, 0) is 12.1 Å². The first-order valence-electron chi connectivity index (χ1n) is 13.0. The fourth-order valence-corrected chi connectivity index (χ4v) is 5.11. The summed E-state index contributed by atoms with van der Waals surface area (Å²) in [4.78, 5) is 13.0. The molecule has 0 saturated carbocycles. The van der Waals surface area contributed by atoms with Gasteiger partial charge in [-0.3, -0.25) is 4.79 Å². The van der Waals surface area contributed by atoms with Crippen molar-refractivity contribution in [3.05, 3.63) is 46.1 Å². The monoisotopic (exact) mass is 610 g/mol. The Morgan fingerprint density at radius 2 is 1.33 bits per heavy atom. The van der Waals surface area contributed by atoms with Gasteiger partial charge in [-0.15, -0.1) is 0 Å². The molecule has 0 bridgehead atoms. The standard InChI is InChI=1S/C27H30O16/c28-6-16-20(34)22(36)24(38)26(42-16)10-1-8(2-13(32)19(10)33)14-5-12(31)18-11(30)3-9(4-15(18)41-14)40-27-25(39)23(37)21(35)17(7-29)43-27/h1-5,16-17,20-30,32-39H,6-7H2. The van der Waals surface area contributed by atoms with Crippen molar-refractivity contribution in [2.45, 2.75) is 61.2 Å². The molecule has 10 unspecified atom stereocenters. The number of ether oxygens (including phenoxy) is 3. The Morgan fingerprint density at radius 3 is 1.98 bits per heavy atom. The fourth-order valence-electron chi connectivity index (χ4n) is 5.11. The van der Waals surface area contributed by atoms with E-state index in [1.165, 1.54) is 6.07 Å². The van der Waals surface area contributed by atoms with Crippen LogP contribution in [0.1, 0.15) is 11.7 Å². The Morgan fingerprint density at radius 1 is 0.698 bits per heavy atom. The van der Waals surface area contributed by atoms with Crippen molar-refractivity contribution in [1.82, 2.24) is 0 Å². The molecule has 0 spiro atoms. The second-order valence-electron chi connectivity index (χ2n) is 10.3. The number of hydrogen-bond acceptors (Lipinski definition) is 16. The third-order valence-electron chi connectivity index (χ3n) is 7.49. The van der Waals surface area contributed by atoms with E-state index in [2.05, 4.69) is 0 Å². The molecule has 43 heavy (non-hydrogen) atoms. The molecule has 0 aliphatic carbocycles. The van der Waals surface area contributed by atoms with Gasteiger partial charge in [0.05, 0.1) is 13.2 Å². The quantitative estimate of drug-likeness (QED) is 0.126. The maximum Gasteiger partial charge on any atom is 0.229 e. The molecule has 16 nitrogen and oxygen atoms in total. The molecule has 2 saturated heterocycles. The van der Waals surface area contributed by atoms with E-state index >= 15 is 0 Å². The van der Waals surface area contributed by atoms with Crippen LogP contribution in [0.5, 0.6) is 23.0 Å². The van der Waals surface area contributed by atoms with Crippen molar-refractivity contribution in [1.29, 1.82) is 0 Å². The summed E-state index contributed by atoms with van der Waals surface area (Å²) in [7, 11) is 0. The van der Waals surface area contributed by atoms with Gasteiger partial charge in [0.25, 0.3) is 0 Å². The normalized spacial score (nSPS) is 33.0. The first kappa shape index (κ1) is 30.9. The third-order valence-corrected chi connectivity index (χ3v) is 7.49. The molecule has 2 aliphatic heterocycles. The van der Waals surface area contributed by atoms with Crippen LogP contribution in [0.15, 0.2) is 39.5 Å². The van der Waals surface area contributed by atoms with Gasteiger partial charge in [-0.25, -0.2) is 0 Å². The van der Waals surface area contributed by atoms with Crippen LogP contribution in [0.4, 0.5) is 0 Å². The average Bonchev–Trinajstić information content (AvgIpc) is 2.97. The molecule has 10 atom stereocenters. The molecule has 1 aromatic heterocycles. The minimum atomic E-state index is -1.80. The number of aromatic hydroxyl groups is 3. The molecule has 234 valence electrons. The van der Waals surface area contributed by atoms with E-state index in [9.17, 15) is 61.0 Å². The summed E-state index contributed by atoms with van der Waals surface area (Å²) in [5.41, 5.74) is -1.34. The highest BCUT2D eigenvalue weighted by Gasteiger charge is 2.46. The van der Waals surface area contributed by atoms with Crippen LogP contribution in [-0.4, -0.2) is 125 Å². The van der Waals surface area contributed by atoms with Gasteiger partial charge in [-0.1, -0.05) is 0 Å². The first-order chi connectivity index (χ1) is 20.4. The molecule has 16 heteroatoms. The Hall–Kier alpha value is -3.55. The Labute approximate surface area is 241 Å². The van der Waals surface area contributed by atoms with Gasteiger partial charge in [0.15, 0.2) is 16.9 Å². The van der Waals surface area contributed by atoms with Gasteiger partial charge in [0, 0.05) is 29.3 Å². The lowest BCUT2D eigenvalue weighted by molar-refractivity contribution is -0.277. The zero-order valence-electron chi connectivity index (χ0n) is 22.0. The van der Waals surface area contributed by atoms with Crippen molar-refractivity contribution in [3.8, 4) is 34.3 Å². The van der Waals surface area contributed by atoms with E-state index in [4.69, 9.17) is 18.6 Å². The topological polar surface area (TPSA) is 280 Å². The average molecular weight is 611 g/mol. The van der Waals surface area contributed by atoms with Gasteiger partial charge in [-0.2, -0.15) is 0 Å². The highest BCUT2D eigenvalue weighted by molar-refractivity contribution is 5.86. The molecule has 2 aliphatic rings. The highest BCUT2D eigenvalue weighted by Crippen LogP contribution is 2.43. The Balaban J connectivity index is 1.53. The number of fused-ring (bicyclic) bond motifs is 1. The Bertz CT molecular complexity index is 1540. The minimum absolute atomic E-state index is 0.0407. The molecule has 3 heterocycles. The van der Waals surface area contributed by atoms with Gasteiger partial charge < -0.3 is 74.8 Å². The molecular formula is C27H30O16. The van der Waals surface area contributed by atoms with Crippen molar-refractivity contribution in [2.24, 2.45) is 0 Å². The van der Waals surface area contributed by atoms with Gasteiger partial charge in [0.2, 0.25) is 6.29 Å². The smallest absolute Gasteiger partial charge is 0.229 e. The van der Waals surface area contributed by atoms with Gasteiger partial charge >= 0.3 is 0 Å². The number of hydrogen-bond donors (Lipinski definition) is 11. The summed E-state index contributed by atoms with van der Waals surface area (Å²) in [5.74, 6) is -2.54. The maximum absolute atomic E-state index is 13.0. The van der Waals surface area contributed by atoms with Crippen LogP contribution in [-0.2, 0) is 9.47 Å². The lowest BCUT2D eigenvalue weighted by Crippen LogP contribution is -2.60. The second kappa shape index (κ2) is 11.9. The van der Waals surface area contributed by atoms with Crippen LogP contribution in [0.25, 0.3) is 22.3 Å². The predicted octanol–water partition coefficient (Wildman–Crippen LogP) is -2.73. The number of benzene rings is 2. The van der Waals surface area contributed by atoms with E-state index in [1.807, 2.05) is 0 Å². The number of rotatable bonds is 6. The van der Waals surface area contributed by atoms with Crippen LogP contribution in [0, 0.1) is 0 Å². The number of aliphatic hydroxyl groups excluding tert-OH is 8. The zero-order chi connectivity index (χ0) is 31.3. The number of aliphatic hydroxyl groups is 8. The van der Waals surface area contributed by atoms with E-state index in [0.717, 1.165) is 24.3 Å². The summed E-state index contributed by atoms with van der Waals surface area (Å²) in [6.07, 6.45) is -16.2. The maximum atomic E-state index is 13.0. The minimum Gasteiger partial charge on any atom is -0.507 e. The SMILES string of the molecule is O=c1cc(-c2cc(O)c(O)c(C3OC(CO)C(O)C(O)C3O)c2)oc2cc(OC3OC(CO)C(O)C(O)C3O)cc(O)c12. The first-order valence-corrected chi connectivity index (χ1v) is 13.0. The van der Waals surface area contributed by atoms with E-state index in [-0.39, 0.29) is 33.6 Å². The molecule has 2 fully saturated rings. The molecular weight excluding hydrogens is 580 g/mol. The summed E-state index contributed by atoms with van der Waals surface area (Å²) < 4.78 is 22.1. The lowest BCUT2D eigenvalue weighted by atomic mass is 9.89. The number of phenols is 3. The summed E-state index contributed by atoms with van der Waals surface area (Å²) >= 11 is 0. The van der Waals surface area contributed by atoms with E-state index < -0.39 is 97.1 Å². The molecule has 0 radical (unpaired) electrons. The predicted molar refractivity (Wildman–Crippen MR) is 140 cm³/mol. The summed E-state index contributed by atoms with van der Waals surface area (Å²) in [6.45, 7) is -1.46. The van der Waals surface area contributed by atoms with Crippen molar-refractivity contribution >= 4 is 11.0 Å². The van der Waals surface area contributed by atoms with Crippen molar-refractivity contribution < 1.29 is 74.8 Å². The van der Waals surface area contributed by atoms with E-state index in [0.29, 0.717) is 0 Å². The van der Waals surface area contributed by atoms with Gasteiger partial charge in [0.1, 0.15) is 83.2 Å². The molecule has 11 N–H and O–H groups in total. The van der Waals surface area contributed by atoms with Crippen LogP contribution in [0.2, 0.25) is 0 Å². The van der Waals surface area contributed by atoms with Crippen LogP contribution < -0.4 is 10.2 Å². The Kier molecular flexibility index (Phi) is 8.52.